The van der Waals surface area contributed by atoms with Crippen LogP contribution in [0.25, 0.3) is 0 Å². The quantitative estimate of drug-likeness (QED) is 0.879. The highest BCUT2D eigenvalue weighted by molar-refractivity contribution is 7.84. The van der Waals surface area contributed by atoms with E-state index in [4.69, 9.17) is 16.7 Å². The lowest BCUT2D eigenvalue weighted by atomic mass is 10.1. The molecule has 0 saturated carbocycles. The van der Waals surface area contributed by atoms with Gasteiger partial charge in [-0.2, -0.15) is 13.5 Å². The molecule has 1 heterocycles. The number of nitrogens with two attached hydrogens (primary N) is 1. The molecule has 0 aliphatic heterocycles. The van der Waals surface area contributed by atoms with E-state index >= 15 is 0 Å². The first-order valence-corrected chi connectivity index (χ1v) is 6.45. The SMILES string of the molecule is CC(C)c1nn(C)c(Cl)c1COS(N)(=O)=O. The molecule has 1 rings (SSSR count). The largest absolute Gasteiger partial charge is 0.333 e. The lowest BCUT2D eigenvalue weighted by Gasteiger charge is -2.05. The van der Waals surface area contributed by atoms with Crippen molar-refractivity contribution in [3.63, 3.8) is 0 Å². The van der Waals surface area contributed by atoms with Crippen molar-refractivity contribution < 1.29 is 12.6 Å². The van der Waals surface area contributed by atoms with Crippen LogP contribution in [-0.2, 0) is 28.1 Å². The first-order chi connectivity index (χ1) is 7.22. The lowest BCUT2D eigenvalue weighted by Crippen LogP contribution is -2.16. The van der Waals surface area contributed by atoms with Gasteiger partial charge in [0.2, 0.25) is 0 Å². The topological polar surface area (TPSA) is 87.2 Å². The first kappa shape index (κ1) is 13.4. The minimum atomic E-state index is -3.97. The Morgan fingerprint density at radius 3 is 2.56 bits per heavy atom. The van der Waals surface area contributed by atoms with Gasteiger partial charge < -0.3 is 0 Å². The Labute approximate surface area is 99.6 Å². The van der Waals surface area contributed by atoms with Gasteiger partial charge in [-0.05, 0) is 5.92 Å². The minimum absolute atomic E-state index is 0.123. The second-order valence-corrected chi connectivity index (χ2v) is 5.27. The van der Waals surface area contributed by atoms with Crippen LogP contribution in [0.5, 0.6) is 0 Å². The summed E-state index contributed by atoms with van der Waals surface area (Å²) in [6.45, 7) is 3.66. The Hall–Kier alpha value is -0.630. The number of hydrogen-bond acceptors (Lipinski definition) is 4. The van der Waals surface area contributed by atoms with Crippen LogP contribution >= 0.6 is 11.6 Å². The predicted octanol–water partition coefficient (Wildman–Crippen LogP) is 0.917. The molecule has 0 radical (unpaired) electrons. The third kappa shape index (κ3) is 3.18. The van der Waals surface area contributed by atoms with Crippen LogP contribution in [0.1, 0.15) is 31.0 Å². The molecule has 1 aromatic heterocycles. The van der Waals surface area contributed by atoms with Crippen LogP contribution in [0.3, 0.4) is 0 Å². The number of aryl methyl sites for hydroxylation is 1. The van der Waals surface area contributed by atoms with Crippen molar-refractivity contribution in [2.75, 3.05) is 0 Å². The summed E-state index contributed by atoms with van der Waals surface area (Å²) in [5.41, 5.74) is 1.25. The van der Waals surface area contributed by atoms with Gasteiger partial charge in [-0.3, -0.25) is 8.86 Å². The summed E-state index contributed by atoms with van der Waals surface area (Å²) >= 11 is 5.97. The van der Waals surface area contributed by atoms with E-state index in [1.54, 1.807) is 7.05 Å². The van der Waals surface area contributed by atoms with Crippen molar-refractivity contribution in [2.45, 2.75) is 26.4 Å². The number of nitrogens with zero attached hydrogens (tertiary/aromatic N) is 2. The molecular formula is C8H14ClN3O3S. The highest BCUT2D eigenvalue weighted by Gasteiger charge is 2.18. The summed E-state index contributed by atoms with van der Waals surface area (Å²) in [5, 5.41) is 9.28. The Bertz CT molecular complexity index is 481. The fourth-order valence-electron chi connectivity index (χ4n) is 1.31. The van der Waals surface area contributed by atoms with E-state index < -0.39 is 10.3 Å². The van der Waals surface area contributed by atoms with Crippen LogP contribution in [0.2, 0.25) is 5.15 Å². The van der Waals surface area contributed by atoms with Crippen molar-refractivity contribution in [1.29, 1.82) is 0 Å². The standard InChI is InChI=1S/C8H14ClN3O3S/c1-5(2)7-6(4-15-16(10,13)14)8(9)12(3)11-7/h5H,4H2,1-3H3,(H2,10,13,14). The Kier molecular flexibility index (Phi) is 3.95. The van der Waals surface area contributed by atoms with Gasteiger partial charge in [0.1, 0.15) is 5.15 Å². The number of rotatable bonds is 4. The number of aromatic nitrogens is 2. The maximum Gasteiger partial charge on any atom is 0.333 e. The van der Waals surface area contributed by atoms with Crippen molar-refractivity contribution >= 4 is 21.9 Å². The van der Waals surface area contributed by atoms with Gasteiger partial charge in [0, 0.05) is 12.6 Å². The zero-order chi connectivity index (χ0) is 12.5. The average molecular weight is 268 g/mol. The number of halogens is 1. The van der Waals surface area contributed by atoms with E-state index in [1.165, 1.54) is 4.68 Å². The van der Waals surface area contributed by atoms with Gasteiger partial charge in [0.15, 0.2) is 0 Å². The Morgan fingerprint density at radius 1 is 1.56 bits per heavy atom. The van der Waals surface area contributed by atoms with Crippen LogP contribution < -0.4 is 5.14 Å². The molecule has 92 valence electrons. The zero-order valence-electron chi connectivity index (χ0n) is 9.27. The fraction of sp³-hybridized carbons (Fsp3) is 0.625. The van der Waals surface area contributed by atoms with Crippen molar-refractivity contribution in [2.24, 2.45) is 12.2 Å². The monoisotopic (exact) mass is 267 g/mol. The molecular weight excluding hydrogens is 254 g/mol. The molecule has 0 unspecified atom stereocenters. The molecule has 0 aliphatic carbocycles. The van der Waals surface area contributed by atoms with Crippen molar-refractivity contribution in [3.05, 3.63) is 16.4 Å². The van der Waals surface area contributed by atoms with E-state index in [-0.39, 0.29) is 12.5 Å². The van der Waals surface area contributed by atoms with Gasteiger partial charge in [-0.1, -0.05) is 25.4 Å². The van der Waals surface area contributed by atoms with Crippen LogP contribution in [0.15, 0.2) is 0 Å². The maximum atomic E-state index is 10.7. The lowest BCUT2D eigenvalue weighted by molar-refractivity contribution is 0.307. The Balaban J connectivity index is 3.02. The third-order valence-corrected chi connectivity index (χ3v) is 2.93. The summed E-state index contributed by atoms with van der Waals surface area (Å²) < 4.78 is 27.4. The predicted molar refractivity (Wildman–Crippen MR) is 60.2 cm³/mol. The van der Waals surface area contributed by atoms with E-state index in [9.17, 15) is 8.42 Å². The van der Waals surface area contributed by atoms with Crippen LogP contribution in [-0.4, -0.2) is 18.2 Å². The van der Waals surface area contributed by atoms with Crippen molar-refractivity contribution in [1.82, 2.24) is 9.78 Å². The van der Waals surface area contributed by atoms with Gasteiger partial charge in [0.25, 0.3) is 0 Å². The fourth-order valence-corrected chi connectivity index (χ4v) is 1.78. The maximum absolute atomic E-state index is 10.7. The first-order valence-electron chi connectivity index (χ1n) is 4.60. The van der Waals surface area contributed by atoms with Crippen LogP contribution in [0, 0.1) is 0 Å². The van der Waals surface area contributed by atoms with E-state index in [0.29, 0.717) is 16.4 Å². The summed E-state index contributed by atoms with van der Waals surface area (Å²) in [7, 11) is -2.29. The van der Waals surface area contributed by atoms with Gasteiger partial charge in [-0.15, -0.1) is 0 Å². The molecule has 0 fully saturated rings. The molecule has 0 spiro atoms. The molecule has 0 aromatic carbocycles. The molecule has 16 heavy (non-hydrogen) atoms. The average Bonchev–Trinajstić information content (AvgIpc) is 2.39. The third-order valence-electron chi connectivity index (χ3n) is 2.01. The highest BCUT2D eigenvalue weighted by atomic mass is 35.5. The molecule has 0 aliphatic rings. The second kappa shape index (κ2) is 4.70. The number of hydrogen-bond donors (Lipinski definition) is 1. The summed E-state index contributed by atoms with van der Waals surface area (Å²) in [6, 6.07) is 0. The van der Waals surface area contributed by atoms with Crippen LogP contribution in [0.4, 0.5) is 0 Å². The molecule has 2 N–H and O–H groups in total. The molecule has 0 amide bonds. The van der Waals surface area contributed by atoms with Gasteiger partial charge in [0.05, 0.1) is 12.3 Å². The molecule has 0 saturated heterocycles. The van der Waals surface area contributed by atoms with E-state index in [2.05, 4.69) is 9.28 Å². The van der Waals surface area contributed by atoms with E-state index in [1.807, 2.05) is 13.8 Å². The molecule has 6 nitrogen and oxygen atoms in total. The van der Waals surface area contributed by atoms with Gasteiger partial charge in [-0.25, -0.2) is 5.14 Å². The minimum Gasteiger partial charge on any atom is -0.256 e. The zero-order valence-corrected chi connectivity index (χ0v) is 10.8. The molecule has 0 bridgehead atoms. The highest BCUT2D eigenvalue weighted by Crippen LogP contribution is 2.26. The smallest absolute Gasteiger partial charge is 0.256 e. The Morgan fingerprint density at radius 2 is 2.12 bits per heavy atom. The normalized spacial score (nSPS) is 12.4. The molecule has 1 aromatic rings. The summed E-state index contributed by atoms with van der Waals surface area (Å²) in [4.78, 5) is 0. The van der Waals surface area contributed by atoms with Crippen molar-refractivity contribution in [3.8, 4) is 0 Å². The summed E-state index contributed by atoms with van der Waals surface area (Å²) in [5.74, 6) is 0.123. The molecule has 0 atom stereocenters. The second-order valence-electron chi connectivity index (χ2n) is 3.69. The van der Waals surface area contributed by atoms with E-state index in [0.717, 1.165) is 0 Å². The van der Waals surface area contributed by atoms with Gasteiger partial charge >= 0.3 is 10.3 Å². The molecule has 8 heteroatoms. The summed E-state index contributed by atoms with van der Waals surface area (Å²) in [6.07, 6.45) is 0.